The number of Topliss-reactive ketones (excluding diaryl/α,β-unsaturated/α-hetero) is 1. The van der Waals surface area contributed by atoms with Crippen molar-refractivity contribution in [3.8, 4) is 5.75 Å². The van der Waals surface area contributed by atoms with Gasteiger partial charge in [0.1, 0.15) is 11.5 Å². The molecule has 0 saturated heterocycles. The van der Waals surface area contributed by atoms with Gasteiger partial charge in [-0.3, -0.25) is 9.59 Å². The summed E-state index contributed by atoms with van der Waals surface area (Å²) in [4.78, 5) is 34.8. The highest BCUT2D eigenvalue weighted by Crippen LogP contribution is 2.12. The van der Waals surface area contributed by atoms with Gasteiger partial charge in [0.15, 0.2) is 18.5 Å². The van der Waals surface area contributed by atoms with Crippen molar-refractivity contribution >= 4 is 17.7 Å². The molecule has 0 radical (unpaired) electrons. The maximum Gasteiger partial charge on any atom is 0.344 e. The van der Waals surface area contributed by atoms with Crippen LogP contribution in [0.1, 0.15) is 30.0 Å². The molecule has 2 aromatic rings. The Morgan fingerprint density at radius 3 is 2.48 bits per heavy atom. The van der Waals surface area contributed by atoms with Crippen LogP contribution in [0.15, 0.2) is 47.1 Å². The summed E-state index contributed by atoms with van der Waals surface area (Å²) < 4.78 is 15.4. The van der Waals surface area contributed by atoms with Crippen LogP contribution in [-0.2, 0) is 20.9 Å². The number of hydrogen-bond donors (Lipinski definition) is 1. The lowest BCUT2D eigenvalue weighted by Gasteiger charge is -2.13. The molecule has 0 fully saturated rings. The van der Waals surface area contributed by atoms with Crippen LogP contribution in [0.2, 0.25) is 0 Å². The zero-order valence-electron chi connectivity index (χ0n) is 14.0. The third kappa shape index (κ3) is 5.80. The molecular weight excluding hydrogens is 326 g/mol. The van der Waals surface area contributed by atoms with E-state index in [4.69, 9.17) is 13.9 Å². The Bertz CT molecular complexity index is 721. The second kappa shape index (κ2) is 8.68. The zero-order chi connectivity index (χ0) is 18.2. The standard InChI is InChI=1S/C18H19NO6/c1-12(20)14-5-7-15(8-6-14)24-11-17(21)25-13(2)18(22)19-10-16-4-3-9-23-16/h3-9,13H,10-11H2,1-2H3,(H,19,22)/t13-/m1/s1. The van der Waals surface area contributed by atoms with Crippen molar-refractivity contribution in [2.24, 2.45) is 0 Å². The molecule has 132 valence electrons. The topological polar surface area (TPSA) is 94.8 Å². The van der Waals surface area contributed by atoms with E-state index in [0.29, 0.717) is 17.1 Å². The molecule has 0 bridgehead atoms. The van der Waals surface area contributed by atoms with Gasteiger partial charge in [-0.1, -0.05) is 0 Å². The van der Waals surface area contributed by atoms with Crippen LogP contribution in [0.5, 0.6) is 5.75 Å². The number of carbonyl (C=O) groups is 3. The molecule has 0 saturated carbocycles. The first-order chi connectivity index (χ1) is 12.0. The molecule has 1 N–H and O–H groups in total. The van der Waals surface area contributed by atoms with Crippen molar-refractivity contribution in [3.63, 3.8) is 0 Å². The van der Waals surface area contributed by atoms with Gasteiger partial charge in [0.25, 0.3) is 5.91 Å². The van der Waals surface area contributed by atoms with Gasteiger partial charge in [-0.15, -0.1) is 0 Å². The second-order valence-electron chi connectivity index (χ2n) is 5.30. The van der Waals surface area contributed by atoms with Crippen molar-refractivity contribution in [1.29, 1.82) is 0 Å². The van der Waals surface area contributed by atoms with Crippen LogP contribution >= 0.6 is 0 Å². The largest absolute Gasteiger partial charge is 0.482 e. The molecule has 1 aromatic heterocycles. The maximum absolute atomic E-state index is 11.8. The van der Waals surface area contributed by atoms with E-state index in [-0.39, 0.29) is 18.9 Å². The minimum Gasteiger partial charge on any atom is -0.482 e. The zero-order valence-corrected chi connectivity index (χ0v) is 14.0. The van der Waals surface area contributed by atoms with E-state index < -0.39 is 18.0 Å². The normalized spacial score (nSPS) is 11.4. The maximum atomic E-state index is 11.8. The van der Waals surface area contributed by atoms with Crippen LogP contribution in [0, 0.1) is 0 Å². The highest BCUT2D eigenvalue weighted by Gasteiger charge is 2.18. The average molecular weight is 345 g/mol. The highest BCUT2D eigenvalue weighted by molar-refractivity contribution is 5.94. The number of hydrogen-bond acceptors (Lipinski definition) is 6. The molecule has 1 atom stereocenters. The lowest BCUT2D eigenvalue weighted by Crippen LogP contribution is -2.36. The Balaban J connectivity index is 1.73. The smallest absolute Gasteiger partial charge is 0.344 e. The van der Waals surface area contributed by atoms with E-state index in [0.717, 1.165) is 0 Å². The highest BCUT2D eigenvalue weighted by atomic mass is 16.6. The summed E-state index contributed by atoms with van der Waals surface area (Å²) in [5, 5.41) is 2.60. The predicted molar refractivity (Wildman–Crippen MR) is 88.1 cm³/mol. The van der Waals surface area contributed by atoms with E-state index in [1.807, 2.05) is 0 Å². The van der Waals surface area contributed by atoms with Crippen LogP contribution < -0.4 is 10.1 Å². The fraction of sp³-hybridized carbons (Fsp3) is 0.278. The summed E-state index contributed by atoms with van der Waals surface area (Å²) in [7, 11) is 0. The molecule has 1 amide bonds. The summed E-state index contributed by atoms with van der Waals surface area (Å²) in [6, 6.07) is 9.82. The lowest BCUT2D eigenvalue weighted by atomic mass is 10.1. The van der Waals surface area contributed by atoms with E-state index in [1.54, 1.807) is 36.4 Å². The number of nitrogens with one attached hydrogen (secondary N) is 1. The summed E-state index contributed by atoms with van der Waals surface area (Å²) in [5.41, 5.74) is 0.553. The van der Waals surface area contributed by atoms with E-state index >= 15 is 0 Å². The molecule has 0 spiro atoms. The van der Waals surface area contributed by atoms with Crippen molar-refractivity contribution in [1.82, 2.24) is 5.32 Å². The van der Waals surface area contributed by atoms with Gasteiger partial charge in [-0.05, 0) is 50.2 Å². The van der Waals surface area contributed by atoms with Gasteiger partial charge in [-0.25, -0.2) is 4.79 Å². The monoisotopic (exact) mass is 345 g/mol. The molecule has 0 unspecified atom stereocenters. The van der Waals surface area contributed by atoms with Crippen LogP contribution in [0.3, 0.4) is 0 Å². The molecular formula is C18H19NO6. The van der Waals surface area contributed by atoms with E-state index in [1.165, 1.54) is 20.1 Å². The second-order valence-corrected chi connectivity index (χ2v) is 5.30. The molecule has 25 heavy (non-hydrogen) atoms. The van der Waals surface area contributed by atoms with Crippen molar-refractivity contribution in [3.05, 3.63) is 54.0 Å². The fourth-order valence-electron chi connectivity index (χ4n) is 1.94. The molecule has 1 heterocycles. The van der Waals surface area contributed by atoms with E-state index in [9.17, 15) is 14.4 Å². The quantitative estimate of drug-likeness (QED) is 0.582. The molecule has 0 aliphatic heterocycles. The number of furan rings is 1. The van der Waals surface area contributed by atoms with Crippen LogP contribution in [0.4, 0.5) is 0 Å². The Kier molecular flexibility index (Phi) is 6.33. The third-order valence-corrected chi connectivity index (χ3v) is 3.31. The average Bonchev–Trinajstić information content (AvgIpc) is 3.11. The third-order valence-electron chi connectivity index (χ3n) is 3.31. The van der Waals surface area contributed by atoms with Gasteiger partial charge in [0, 0.05) is 5.56 Å². The first-order valence-corrected chi connectivity index (χ1v) is 7.69. The first-order valence-electron chi connectivity index (χ1n) is 7.69. The predicted octanol–water partition coefficient (Wildman–Crippen LogP) is 2.11. The number of esters is 1. The summed E-state index contributed by atoms with van der Waals surface area (Å²) in [5.74, 6) is -0.131. The van der Waals surface area contributed by atoms with Crippen LogP contribution in [0.25, 0.3) is 0 Å². The minimum absolute atomic E-state index is 0.0552. The van der Waals surface area contributed by atoms with Gasteiger partial charge in [0.05, 0.1) is 12.8 Å². The molecule has 7 heteroatoms. The number of ketones is 1. The number of benzene rings is 1. The van der Waals surface area contributed by atoms with Crippen molar-refractivity contribution in [2.45, 2.75) is 26.5 Å². The first kappa shape index (κ1) is 18.3. The minimum atomic E-state index is -0.953. The van der Waals surface area contributed by atoms with Gasteiger partial charge >= 0.3 is 5.97 Å². The lowest BCUT2D eigenvalue weighted by molar-refractivity contribution is -0.156. The fourth-order valence-corrected chi connectivity index (χ4v) is 1.94. The SMILES string of the molecule is CC(=O)c1ccc(OCC(=O)O[C@H](C)C(=O)NCc2ccco2)cc1. The Morgan fingerprint density at radius 2 is 1.88 bits per heavy atom. The number of carbonyl (C=O) groups excluding carboxylic acids is 3. The molecule has 2 rings (SSSR count). The molecule has 0 aliphatic carbocycles. The Hall–Kier alpha value is -3.09. The number of rotatable bonds is 8. The Labute approximate surface area is 144 Å². The summed E-state index contributed by atoms with van der Waals surface area (Å²) in [6.45, 7) is 2.81. The Morgan fingerprint density at radius 1 is 1.16 bits per heavy atom. The molecule has 7 nitrogen and oxygen atoms in total. The summed E-state index contributed by atoms with van der Waals surface area (Å²) in [6.07, 6.45) is 0.553. The number of ether oxygens (including phenoxy) is 2. The van der Waals surface area contributed by atoms with Crippen molar-refractivity contribution < 1.29 is 28.3 Å². The van der Waals surface area contributed by atoms with Gasteiger partial charge in [-0.2, -0.15) is 0 Å². The van der Waals surface area contributed by atoms with Gasteiger partial charge < -0.3 is 19.2 Å². The van der Waals surface area contributed by atoms with Crippen molar-refractivity contribution in [2.75, 3.05) is 6.61 Å². The summed E-state index contributed by atoms with van der Waals surface area (Å²) >= 11 is 0. The van der Waals surface area contributed by atoms with Gasteiger partial charge in [0.2, 0.25) is 0 Å². The molecule has 1 aromatic carbocycles. The molecule has 0 aliphatic rings. The van der Waals surface area contributed by atoms with Crippen LogP contribution in [-0.4, -0.2) is 30.4 Å². The number of amides is 1. The van der Waals surface area contributed by atoms with E-state index in [2.05, 4.69) is 5.32 Å².